The Morgan fingerprint density at radius 2 is 1.97 bits per heavy atom. The fraction of sp³-hybridized carbons (Fsp3) is 0.304. The molecule has 4 aromatic rings. The molecule has 0 bridgehead atoms. The van der Waals surface area contributed by atoms with Crippen LogP contribution in [0, 0.1) is 0 Å². The number of hydrogen-bond donors (Lipinski definition) is 1. The lowest BCUT2D eigenvalue weighted by molar-refractivity contribution is -0.894. The fourth-order valence-corrected chi connectivity index (χ4v) is 4.58. The number of likely N-dealkylation sites (N-methyl/N-ethyl adjacent to an activating group) is 1. The lowest BCUT2D eigenvalue weighted by atomic mass is 10.2. The molecule has 156 valence electrons. The van der Waals surface area contributed by atoms with Crippen LogP contribution in [-0.4, -0.2) is 44.2 Å². The lowest BCUT2D eigenvalue weighted by Crippen LogP contribution is -3.12. The molecular formula is C23H26N3O3S+. The van der Waals surface area contributed by atoms with Crippen LogP contribution in [0.15, 0.2) is 52.9 Å². The number of aromatic nitrogens is 1. The van der Waals surface area contributed by atoms with Gasteiger partial charge in [-0.2, -0.15) is 0 Å². The Bertz CT molecular complexity index is 1130. The third-order valence-electron chi connectivity index (χ3n) is 5.39. The van der Waals surface area contributed by atoms with Gasteiger partial charge in [0.2, 0.25) is 0 Å². The third kappa shape index (κ3) is 3.91. The van der Waals surface area contributed by atoms with Crippen LogP contribution < -0.4 is 14.5 Å². The van der Waals surface area contributed by atoms with Crippen LogP contribution in [-0.2, 0) is 0 Å². The number of carbonyl (C=O) groups is 1. The van der Waals surface area contributed by atoms with Gasteiger partial charge in [0.15, 0.2) is 10.9 Å². The van der Waals surface area contributed by atoms with Crippen molar-refractivity contribution in [2.24, 2.45) is 0 Å². The number of nitrogens with one attached hydrogen (secondary N) is 1. The number of anilines is 1. The van der Waals surface area contributed by atoms with E-state index in [1.807, 2.05) is 48.5 Å². The molecule has 6 nitrogen and oxygen atoms in total. The number of ether oxygens (including phenoxy) is 1. The van der Waals surface area contributed by atoms with Gasteiger partial charge < -0.3 is 14.1 Å². The number of rotatable bonds is 8. The van der Waals surface area contributed by atoms with Crippen LogP contribution in [0.5, 0.6) is 5.75 Å². The summed E-state index contributed by atoms with van der Waals surface area (Å²) in [7, 11) is 1.63. The van der Waals surface area contributed by atoms with Gasteiger partial charge in [-0.15, -0.1) is 0 Å². The van der Waals surface area contributed by atoms with E-state index in [0.29, 0.717) is 28.8 Å². The molecule has 0 aliphatic heterocycles. The maximum absolute atomic E-state index is 13.5. The highest BCUT2D eigenvalue weighted by Crippen LogP contribution is 2.34. The Labute approximate surface area is 179 Å². The fourth-order valence-electron chi connectivity index (χ4n) is 3.57. The molecule has 0 spiro atoms. The molecule has 2 heterocycles. The third-order valence-corrected chi connectivity index (χ3v) is 6.44. The normalized spacial score (nSPS) is 11.5. The van der Waals surface area contributed by atoms with Crippen LogP contribution in [0.25, 0.3) is 21.2 Å². The molecule has 4 rings (SSSR count). The molecule has 2 aromatic carbocycles. The Morgan fingerprint density at radius 1 is 1.17 bits per heavy atom. The zero-order valence-corrected chi connectivity index (χ0v) is 18.3. The van der Waals surface area contributed by atoms with E-state index in [1.165, 1.54) is 16.2 Å². The summed E-state index contributed by atoms with van der Waals surface area (Å²) in [6, 6.07) is 15.3. The molecule has 1 amide bonds. The van der Waals surface area contributed by atoms with Crippen LogP contribution in [0.3, 0.4) is 0 Å². The zero-order chi connectivity index (χ0) is 21.1. The molecule has 0 radical (unpaired) electrons. The van der Waals surface area contributed by atoms with Crippen LogP contribution in [0.2, 0.25) is 0 Å². The minimum atomic E-state index is -0.171. The van der Waals surface area contributed by atoms with Gasteiger partial charge in [-0.25, -0.2) is 4.98 Å². The first-order valence-electron chi connectivity index (χ1n) is 10.2. The Hall–Kier alpha value is -2.90. The summed E-state index contributed by atoms with van der Waals surface area (Å²) in [6.07, 6.45) is 0. The van der Waals surface area contributed by atoms with Gasteiger partial charge in [0.25, 0.3) is 5.91 Å². The maximum atomic E-state index is 13.5. The molecule has 0 aliphatic carbocycles. The molecule has 0 saturated carbocycles. The Balaban J connectivity index is 1.72. The number of carbonyl (C=O) groups excluding carboxylic acids is 1. The van der Waals surface area contributed by atoms with E-state index < -0.39 is 0 Å². The van der Waals surface area contributed by atoms with Crippen molar-refractivity contribution >= 4 is 43.6 Å². The number of thiazole rings is 1. The minimum Gasteiger partial charge on any atom is -0.494 e. The summed E-state index contributed by atoms with van der Waals surface area (Å²) in [5.74, 6) is 0.869. The van der Waals surface area contributed by atoms with E-state index in [1.54, 1.807) is 12.0 Å². The minimum absolute atomic E-state index is 0.171. The molecule has 7 heteroatoms. The number of nitrogens with zero attached hydrogens (tertiary/aromatic N) is 2. The van der Waals surface area contributed by atoms with Gasteiger partial charge in [0.05, 0.1) is 38.0 Å². The van der Waals surface area contributed by atoms with E-state index in [9.17, 15) is 4.79 Å². The van der Waals surface area contributed by atoms with Crippen molar-refractivity contribution in [3.63, 3.8) is 0 Å². The van der Waals surface area contributed by atoms with Crippen molar-refractivity contribution in [1.29, 1.82) is 0 Å². The number of fused-ring (bicyclic) bond motifs is 2. The van der Waals surface area contributed by atoms with Gasteiger partial charge in [-0.3, -0.25) is 9.69 Å². The van der Waals surface area contributed by atoms with Crippen molar-refractivity contribution in [2.75, 3.05) is 38.2 Å². The zero-order valence-electron chi connectivity index (χ0n) is 17.5. The van der Waals surface area contributed by atoms with E-state index >= 15 is 0 Å². The second-order valence-corrected chi connectivity index (χ2v) is 8.12. The van der Waals surface area contributed by atoms with E-state index in [0.717, 1.165) is 35.2 Å². The highest BCUT2D eigenvalue weighted by molar-refractivity contribution is 7.22. The number of methoxy groups -OCH3 is 1. The van der Waals surface area contributed by atoms with Gasteiger partial charge in [-0.1, -0.05) is 35.6 Å². The first-order valence-corrected chi connectivity index (χ1v) is 11.0. The lowest BCUT2D eigenvalue weighted by Gasteiger charge is -2.22. The smallest absolute Gasteiger partial charge is 0.296 e. The second-order valence-electron chi connectivity index (χ2n) is 7.12. The number of quaternary nitrogens is 1. The monoisotopic (exact) mass is 424 g/mol. The summed E-state index contributed by atoms with van der Waals surface area (Å²) in [6.45, 7) is 7.74. The number of benzene rings is 2. The average molecular weight is 425 g/mol. The molecule has 2 aromatic heterocycles. The maximum Gasteiger partial charge on any atom is 0.296 e. The van der Waals surface area contributed by atoms with Crippen LogP contribution in [0.1, 0.15) is 24.4 Å². The standard InChI is InChI=1S/C23H25N3O3S/c1-4-25(5-2)13-14-26(22(27)19-15-16-9-6-7-10-17(16)29-19)23-24-21-18(28-3)11-8-12-20(21)30-23/h6-12,15H,4-5,13-14H2,1-3H3/p+1. The predicted octanol–water partition coefficient (Wildman–Crippen LogP) is 3.62. The number of furan rings is 1. The van der Waals surface area contributed by atoms with Crippen molar-refractivity contribution in [2.45, 2.75) is 13.8 Å². The van der Waals surface area contributed by atoms with Crippen molar-refractivity contribution in [3.8, 4) is 5.75 Å². The quantitative estimate of drug-likeness (QED) is 0.469. The van der Waals surface area contributed by atoms with Gasteiger partial charge in [0, 0.05) is 5.39 Å². The molecule has 1 N–H and O–H groups in total. The Morgan fingerprint density at radius 3 is 2.70 bits per heavy atom. The molecular weight excluding hydrogens is 398 g/mol. The summed E-state index contributed by atoms with van der Waals surface area (Å²) in [4.78, 5) is 21.4. The first kappa shape index (κ1) is 20.4. The largest absolute Gasteiger partial charge is 0.494 e. The molecule has 0 atom stereocenters. The molecule has 30 heavy (non-hydrogen) atoms. The second kappa shape index (κ2) is 8.85. The molecule has 0 fully saturated rings. The number of para-hydroxylation sites is 2. The average Bonchev–Trinajstić information content (AvgIpc) is 3.40. The van der Waals surface area contributed by atoms with Gasteiger partial charge in [0.1, 0.15) is 16.8 Å². The number of hydrogen-bond acceptors (Lipinski definition) is 5. The summed E-state index contributed by atoms with van der Waals surface area (Å²) < 4.78 is 12.3. The SMILES string of the molecule is CC[NH+](CC)CCN(C(=O)c1cc2ccccc2o1)c1nc2c(OC)cccc2s1. The van der Waals surface area contributed by atoms with Crippen LogP contribution >= 0.6 is 11.3 Å². The summed E-state index contributed by atoms with van der Waals surface area (Å²) >= 11 is 1.49. The highest BCUT2D eigenvalue weighted by Gasteiger charge is 2.26. The molecule has 0 unspecified atom stereocenters. The van der Waals surface area contributed by atoms with Crippen molar-refractivity contribution in [1.82, 2.24) is 4.98 Å². The topological polar surface area (TPSA) is 60.0 Å². The molecule has 0 aliphatic rings. The van der Waals surface area contributed by atoms with Crippen molar-refractivity contribution < 1.29 is 18.8 Å². The highest BCUT2D eigenvalue weighted by atomic mass is 32.1. The first-order chi connectivity index (χ1) is 14.6. The number of amides is 1. The summed E-state index contributed by atoms with van der Waals surface area (Å²) in [5.41, 5.74) is 1.48. The van der Waals surface area contributed by atoms with Crippen molar-refractivity contribution in [3.05, 3.63) is 54.3 Å². The van der Waals surface area contributed by atoms with Crippen LogP contribution in [0.4, 0.5) is 5.13 Å². The van der Waals surface area contributed by atoms with Gasteiger partial charge >= 0.3 is 0 Å². The van der Waals surface area contributed by atoms with E-state index in [4.69, 9.17) is 14.1 Å². The molecule has 0 saturated heterocycles. The van der Waals surface area contributed by atoms with Gasteiger partial charge in [-0.05, 0) is 38.1 Å². The predicted molar refractivity (Wildman–Crippen MR) is 121 cm³/mol. The Kier molecular flexibility index (Phi) is 6.01. The summed E-state index contributed by atoms with van der Waals surface area (Å²) in [5, 5.41) is 1.58. The van der Waals surface area contributed by atoms with E-state index in [-0.39, 0.29) is 5.91 Å². The van der Waals surface area contributed by atoms with E-state index in [2.05, 4.69) is 13.8 Å².